The molecular weight excluding hydrogens is 266 g/mol. The Balaban J connectivity index is 2.35. The average molecular weight is 281 g/mol. The van der Waals surface area contributed by atoms with Crippen LogP contribution >= 0.6 is 0 Å². The molecule has 0 radical (unpaired) electrons. The maximum atomic E-state index is 12.1. The van der Waals surface area contributed by atoms with Crippen LogP contribution in [0.2, 0.25) is 0 Å². The van der Waals surface area contributed by atoms with Gasteiger partial charge in [0.05, 0.1) is 5.69 Å². The molecule has 0 saturated heterocycles. The number of rotatable bonds is 4. The number of benzene rings is 1. The van der Waals surface area contributed by atoms with Gasteiger partial charge in [-0.1, -0.05) is 12.1 Å². The van der Waals surface area contributed by atoms with E-state index in [2.05, 4.69) is 9.71 Å². The van der Waals surface area contributed by atoms with Crippen molar-refractivity contribution in [2.75, 3.05) is 4.72 Å². The van der Waals surface area contributed by atoms with Crippen molar-refractivity contribution in [1.82, 2.24) is 9.55 Å². The largest absolute Gasteiger partial charge is 0.506 e. The fraction of sp³-hybridized carbons (Fsp3) is 0.250. The number of aromatic hydroxyl groups is 1. The Morgan fingerprint density at radius 3 is 2.63 bits per heavy atom. The van der Waals surface area contributed by atoms with Gasteiger partial charge >= 0.3 is 0 Å². The first-order valence-electron chi connectivity index (χ1n) is 5.78. The molecule has 0 atom stereocenters. The van der Waals surface area contributed by atoms with Crippen LogP contribution in [0.4, 0.5) is 5.69 Å². The summed E-state index contributed by atoms with van der Waals surface area (Å²) in [7, 11) is -3.79. The highest BCUT2D eigenvalue weighted by atomic mass is 32.2. The van der Waals surface area contributed by atoms with Crippen molar-refractivity contribution in [3.63, 3.8) is 0 Å². The van der Waals surface area contributed by atoms with Crippen molar-refractivity contribution in [2.45, 2.75) is 25.4 Å². The number of hydrogen-bond donors (Lipinski definition) is 2. The van der Waals surface area contributed by atoms with E-state index in [1.165, 1.54) is 18.3 Å². The number of hydrogen-bond acceptors (Lipinski definition) is 4. The Morgan fingerprint density at radius 1 is 1.37 bits per heavy atom. The molecule has 2 N–H and O–H groups in total. The molecule has 0 fully saturated rings. The van der Waals surface area contributed by atoms with E-state index >= 15 is 0 Å². The molecule has 2 rings (SSSR count). The molecule has 0 spiro atoms. The first kappa shape index (κ1) is 13.4. The number of imidazole rings is 1. The molecule has 0 aliphatic carbocycles. The number of para-hydroxylation sites is 2. The number of aryl methyl sites for hydroxylation is 2. The van der Waals surface area contributed by atoms with Gasteiger partial charge in [0.25, 0.3) is 10.0 Å². The van der Waals surface area contributed by atoms with Crippen LogP contribution in [0.3, 0.4) is 0 Å². The summed E-state index contributed by atoms with van der Waals surface area (Å²) in [6, 6.07) is 6.14. The van der Waals surface area contributed by atoms with E-state index in [4.69, 9.17) is 0 Å². The van der Waals surface area contributed by atoms with Gasteiger partial charge in [-0.3, -0.25) is 4.72 Å². The summed E-state index contributed by atoms with van der Waals surface area (Å²) < 4.78 is 28.3. The lowest BCUT2D eigenvalue weighted by atomic mass is 10.3. The summed E-state index contributed by atoms with van der Waals surface area (Å²) in [5.74, 6) is 0.498. The van der Waals surface area contributed by atoms with Crippen molar-refractivity contribution in [2.24, 2.45) is 0 Å². The second-order valence-electron chi connectivity index (χ2n) is 4.04. The van der Waals surface area contributed by atoms with Crippen molar-refractivity contribution >= 4 is 15.7 Å². The number of phenolic OH excluding ortho intramolecular Hbond substituents is 1. The standard InChI is InChI=1S/C12H15N3O3S/c1-3-15-8-12(13-9(15)2)19(17,18)14-10-6-4-5-7-11(10)16/h4-8,14,16H,3H2,1-2H3. The molecule has 1 aromatic carbocycles. The summed E-state index contributed by atoms with van der Waals surface area (Å²) in [6.45, 7) is 4.29. The highest BCUT2D eigenvalue weighted by Gasteiger charge is 2.20. The minimum Gasteiger partial charge on any atom is -0.506 e. The molecule has 0 unspecified atom stereocenters. The predicted octanol–water partition coefficient (Wildman–Crippen LogP) is 1.72. The Morgan fingerprint density at radius 2 is 2.05 bits per heavy atom. The first-order valence-corrected chi connectivity index (χ1v) is 7.27. The van der Waals surface area contributed by atoms with Crippen molar-refractivity contribution in [3.05, 3.63) is 36.3 Å². The summed E-state index contributed by atoms with van der Waals surface area (Å²) in [5.41, 5.74) is 0.131. The van der Waals surface area contributed by atoms with E-state index in [1.807, 2.05) is 6.92 Å². The predicted molar refractivity (Wildman–Crippen MR) is 71.6 cm³/mol. The van der Waals surface area contributed by atoms with E-state index < -0.39 is 10.0 Å². The van der Waals surface area contributed by atoms with E-state index in [9.17, 15) is 13.5 Å². The van der Waals surface area contributed by atoms with Gasteiger partial charge in [0.2, 0.25) is 0 Å². The van der Waals surface area contributed by atoms with Crippen LogP contribution in [-0.4, -0.2) is 23.1 Å². The lowest BCUT2D eigenvalue weighted by Crippen LogP contribution is -2.13. The Bertz CT molecular complexity index is 692. The Hall–Kier alpha value is -2.02. The van der Waals surface area contributed by atoms with Crippen LogP contribution in [0, 0.1) is 6.92 Å². The highest BCUT2D eigenvalue weighted by Crippen LogP contribution is 2.24. The molecule has 0 aliphatic rings. The molecule has 6 nitrogen and oxygen atoms in total. The molecule has 0 saturated carbocycles. The van der Waals surface area contributed by atoms with Crippen LogP contribution in [0.1, 0.15) is 12.7 Å². The van der Waals surface area contributed by atoms with Crippen molar-refractivity contribution in [1.29, 1.82) is 0 Å². The maximum absolute atomic E-state index is 12.1. The fourth-order valence-electron chi connectivity index (χ4n) is 1.69. The van der Waals surface area contributed by atoms with Crippen molar-refractivity contribution < 1.29 is 13.5 Å². The number of nitrogens with zero attached hydrogens (tertiary/aromatic N) is 2. The van der Waals surface area contributed by atoms with Crippen LogP contribution < -0.4 is 4.72 Å². The lowest BCUT2D eigenvalue weighted by molar-refractivity contribution is 0.477. The molecular formula is C12H15N3O3S. The highest BCUT2D eigenvalue weighted by molar-refractivity contribution is 7.92. The Kier molecular flexibility index (Phi) is 3.48. The second-order valence-corrected chi connectivity index (χ2v) is 5.66. The lowest BCUT2D eigenvalue weighted by Gasteiger charge is -2.06. The SMILES string of the molecule is CCn1cc(S(=O)(=O)Nc2ccccc2O)nc1C. The third-order valence-corrected chi connectivity index (χ3v) is 3.95. The second kappa shape index (κ2) is 4.93. The molecule has 19 heavy (non-hydrogen) atoms. The van der Waals surface area contributed by atoms with Gasteiger partial charge in [0.15, 0.2) is 5.03 Å². The van der Waals surface area contributed by atoms with Gasteiger partial charge in [-0.2, -0.15) is 8.42 Å². The zero-order valence-electron chi connectivity index (χ0n) is 10.7. The average Bonchev–Trinajstić information content (AvgIpc) is 2.74. The quantitative estimate of drug-likeness (QED) is 0.836. The van der Waals surface area contributed by atoms with Gasteiger partial charge < -0.3 is 9.67 Å². The van der Waals surface area contributed by atoms with Gasteiger partial charge in [-0.15, -0.1) is 0 Å². The topological polar surface area (TPSA) is 84.2 Å². The van der Waals surface area contributed by atoms with Gasteiger partial charge in [0.1, 0.15) is 11.6 Å². The molecule has 0 amide bonds. The minimum atomic E-state index is -3.79. The zero-order chi connectivity index (χ0) is 14.0. The molecule has 1 aromatic heterocycles. The van der Waals surface area contributed by atoms with E-state index in [0.717, 1.165) is 0 Å². The van der Waals surface area contributed by atoms with Crippen LogP contribution in [0.5, 0.6) is 5.75 Å². The smallest absolute Gasteiger partial charge is 0.281 e. The van der Waals surface area contributed by atoms with Crippen LogP contribution in [0.15, 0.2) is 35.5 Å². The molecule has 0 bridgehead atoms. The number of sulfonamides is 1. The number of aromatic nitrogens is 2. The normalized spacial score (nSPS) is 11.5. The van der Waals surface area contributed by atoms with Crippen LogP contribution in [-0.2, 0) is 16.6 Å². The summed E-state index contributed by atoms with van der Waals surface area (Å²) in [4.78, 5) is 4.01. The number of anilines is 1. The van der Waals surface area contributed by atoms with E-state index in [0.29, 0.717) is 12.4 Å². The maximum Gasteiger partial charge on any atom is 0.281 e. The Labute approximate surface area is 111 Å². The molecule has 1 heterocycles. The summed E-state index contributed by atoms with van der Waals surface area (Å²) in [6.07, 6.45) is 1.47. The summed E-state index contributed by atoms with van der Waals surface area (Å²) >= 11 is 0. The van der Waals surface area contributed by atoms with Gasteiger partial charge in [0, 0.05) is 12.7 Å². The molecule has 7 heteroatoms. The fourth-order valence-corrected chi connectivity index (χ4v) is 2.77. The summed E-state index contributed by atoms with van der Waals surface area (Å²) in [5, 5.41) is 9.51. The number of phenols is 1. The van der Waals surface area contributed by atoms with Crippen LogP contribution in [0.25, 0.3) is 0 Å². The minimum absolute atomic E-state index is 0.0601. The van der Waals surface area contributed by atoms with Gasteiger partial charge in [-0.25, -0.2) is 4.98 Å². The van der Waals surface area contributed by atoms with Gasteiger partial charge in [-0.05, 0) is 26.0 Å². The monoisotopic (exact) mass is 281 g/mol. The zero-order valence-corrected chi connectivity index (χ0v) is 11.5. The first-order chi connectivity index (χ1) is 8.94. The molecule has 0 aliphatic heterocycles. The third-order valence-electron chi connectivity index (χ3n) is 2.72. The van der Waals surface area contributed by atoms with E-state index in [1.54, 1.807) is 23.6 Å². The number of nitrogens with one attached hydrogen (secondary N) is 1. The third kappa shape index (κ3) is 2.70. The molecule has 2 aromatic rings. The molecule has 102 valence electrons. The van der Waals surface area contributed by atoms with Crippen molar-refractivity contribution in [3.8, 4) is 5.75 Å². The van der Waals surface area contributed by atoms with E-state index in [-0.39, 0.29) is 16.5 Å².